The second-order valence-electron chi connectivity index (χ2n) is 6.71. The molecule has 0 saturated carbocycles. The van der Waals surface area contributed by atoms with E-state index in [2.05, 4.69) is 0 Å². The van der Waals surface area contributed by atoms with E-state index in [0.717, 1.165) is 12.8 Å². The molecule has 1 fully saturated rings. The highest BCUT2D eigenvalue weighted by molar-refractivity contribution is 5.67. The third kappa shape index (κ3) is 7.70. The summed E-state index contributed by atoms with van der Waals surface area (Å²) in [5.74, 6) is -1.70. The average Bonchev–Trinajstić information content (AvgIpc) is 2.55. The van der Waals surface area contributed by atoms with Crippen molar-refractivity contribution >= 4 is 17.9 Å². The van der Waals surface area contributed by atoms with Crippen molar-refractivity contribution in [3.63, 3.8) is 0 Å². The molecule has 1 rings (SSSR count). The zero-order chi connectivity index (χ0) is 19.7. The molecule has 1 N–H and O–H groups in total. The summed E-state index contributed by atoms with van der Waals surface area (Å²) in [6, 6.07) is 0. The fraction of sp³-hybridized carbons (Fsp3) is 0.833. The van der Waals surface area contributed by atoms with E-state index in [0.29, 0.717) is 13.0 Å². The first-order valence-electron chi connectivity index (χ1n) is 9.01. The summed E-state index contributed by atoms with van der Waals surface area (Å²) < 4.78 is 22.1. The number of hydrogen-bond donors (Lipinski definition) is 1. The van der Waals surface area contributed by atoms with Crippen molar-refractivity contribution in [3.05, 3.63) is 0 Å². The first-order valence-corrected chi connectivity index (χ1v) is 9.01. The van der Waals surface area contributed by atoms with E-state index in [1.807, 2.05) is 13.8 Å². The van der Waals surface area contributed by atoms with Gasteiger partial charge in [0.05, 0.1) is 0 Å². The molecule has 26 heavy (non-hydrogen) atoms. The van der Waals surface area contributed by atoms with Crippen LogP contribution in [0.4, 0.5) is 0 Å². The molecule has 0 spiro atoms. The molecule has 0 radical (unpaired) electrons. The van der Waals surface area contributed by atoms with Crippen LogP contribution >= 0.6 is 0 Å². The van der Waals surface area contributed by atoms with Crippen LogP contribution in [0.25, 0.3) is 0 Å². The molecule has 0 aromatic heterocycles. The first kappa shape index (κ1) is 22.4. The number of unbranched alkanes of at least 4 members (excludes halogenated alkanes) is 2. The van der Waals surface area contributed by atoms with Crippen molar-refractivity contribution in [1.29, 1.82) is 0 Å². The fourth-order valence-electron chi connectivity index (χ4n) is 2.91. The Balaban J connectivity index is 2.57. The van der Waals surface area contributed by atoms with Crippen LogP contribution in [0.1, 0.15) is 53.4 Å². The largest absolute Gasteiger partial charge is 0.481 e. The number of aliphatic carboxylic acids is 1. The van der Waals surface area contributed by atoms with Gasteiger partial charge in [-0.05, 0) is 12.8 Å². The summed E-state index contributed by atoms with van der Waals surface area (Å²) >= 11 is 0. The van der Waals surface area contributed by atoms with E-state index in [4.69, 9.17) is 24.1 Å². The van der Waals surface area contributed by atoms with Gasteiger partial charge >= 0.3 is 17.9 Å². The SMILES string of the molecule is CC(=O)OCC1OC(OCCCCCC(=O)O)C(C)C(C)C1OC(C)=O. The van der Waals surface area contributed by atoms with Crippen molar-refractivity contribution < 1.29 is 38.4 Å². The molecule has 0 aromatic carbocycles. The molecule has 1 aliphatic heterocycles. The number of carboxylic acid groups (broad SMARTS) is 1. The molecule has 150 valence electrons. The van der Waals surface area contributed by atoms with Crippen molar-refractivity contribution in [1.82, 2.24) is 0 Å². The summed E-state index contributed by atoms with van der Waals surface area (Å²) in [5.41, 5.74) is 0. The maximum Gasteiger partial charge on any atom is 0.303 e. The average molecular weight is 374 g/mol. The third-order valence-electron chi connectivity index (χ3n) is 4.52. The Labute approximate surface area is 154 Å². The molecular weight excluding hydrogens is 344 g/mol. The Hall–Kier alpha value is -1.67. The predicted molar refractivity (Wildman–Crippen MR) is 91.2 cm³/mol. The van der Waals surface area contributed by atoms with Gasteiger partial charge in [0.15, 0.2) is 6.29 Å². The van der Waals surface area contributed by atoms with Gasteiger partial charge in [0.2, 0.25) is 0 Å². The zero-order valence-corrected chi connectivity index (χ0v) is 15.9. The number of hydrogen-bond acceptors (Lipinski definition) is 7. The van der Waals surface area contributed by atoms with Crippen LogP contribution in [0.5, 0.6) is 0 Å². The van der Waals surface area contributed by atoms with Crippen LogP contribution < -0.4 is 0 Å². The monoisotopic (exact) mass is 374 g/mol. The third-order valence-corrected chi connectivity index (χ3v) is 4.52. The van der Waals surface area contributed by atoms with Gasteiger partial charge in [-0.2, -0.15) is 0 Å². The number of carbonyl (C=O) groups is 3. The van der Waals surface area contributed by atoms with E-state index >= 15 is 0 Å². The highest BCUT2D eigenvalue weighted by Crippen LogP contribution is 2.33. The van der Waals surface area contributed by atoms with Gasteiger partial charge in [-0.15, -0.1) is 0 Å². The molecule has 0 aliphatic carbocycles. The molecule has 8 heteroatoms. The summed E-state index contributed by atoms with van der Waals surface area (Å²) in [5, 5.41) is 8.62. The Kier molecular flexibility index (Phi) is 9.58. The van der Waals surface area contributed by atoms with Crippen LogP contribution in [0, 0.1) is 11.8 Å². The molecule has 1 saturated heterocycles. The Morgan fingerprint density at radius 2 is 1.69 bits per heavy atom. The summed E-state index contributed by atoms with van der Waals surface area (Å²) in [4.78, 5) is 33.0. The Bertz CT molecular complexity index is 478. The lowest BCUT2D eigenvalue weighted by Gasteiger charge is -2.43. The van der Waals surface area contributed by atoms with Gasteiger partial charge in [0.1, 0.15) is 18.8 Å². The zero-order valence-electron chi connectivity index (χ0n) is 15.9. The van der Waals surface area contributed by atoms with Gasteiger partial charge in [-0.3, -0.25) is 14.4 Å². The highest BCUT2D eigenvalue weighted by atomic mass is 16.7. The molecule has 0 amide bonds. The van der Waals surface area contributed by atoms with Crippen LogP contribution in [-0.4, -0.2) is 54.7 Å². The molecule has 0 aromatic rings. The Morgan fingerprint density at radius 1 is 1.00 bits per heavy atom. The maximum atomic E-state index is 11.4. The normalized spacial score (nSPS) is 28.4. The van der Waals surface area contributed by atoms with Crippen molar-refractivity contribution in [3.8, 4) is 0 Å². The quantitative estimate of drug-likeness (QED) is 0.458. The molecule has 0 bridgehead atoms. The highest BCUT2D eigenvalue weighted by Gasteiger charge is 2.44. The molecule has 1 heterocycles. The summed E-state index contributed by atoms with van der Waals surface area (Å²) in [6.07, 6.45) is 0.647. The van der Waals surface area contributed by atoms with Crippen LogP contribution in [0.15, 0.2) is 0 Å². The lowest BCUT2D eigenvalue weighted by atomic mass is 9.84. The predicted octanol–water partition coefficient (Wildman–Crippen LogP) is 2.14. The molecule has 5 atom stereocenters. The van der Waals surface area contributed by atoms with E-state index in [1.54, 1.807) is 0 Å². The lowest BCUT2D eigenvalue weighted by molar-refractivity contribution is -0.273. The van der Waals surface area contributed by atoms with E-state index < -0.39 is 36.4 Å². The van der Waals surface area contributed by atoms with E-state index in [9.17, 15) is 14.4 Å². The van der Waals surface area contributed by atoms with Crippen LogP contribution in [-0.2, 0) is 33.3 Å². The van der Waals surface area contributed by atoms with Crippen LogP contribution in [0.3, 0.4) is 0 Å². The second kappa shape index (κ2) is 11.1. The van der Waals surface area contributed by atoms with Gasteiger partial charge in [0, 0.05) is 38.7 Å². The number of carboxylic acids is 1. The summed E-state index contributed by atoms with van der Waals surface area (Å²) in [6.45, 7) is 6.98. The smallest absolute Gasteiger partial charge is 0.303 e. The van der Waals surface area contributed by atoms with Crippen molar-refractivity contribution in [2.24, 2.45) is 11.8 Å². The van der Waals surface area contributed by atoms with Crippen molar-refractivity contribution in [2.75, 3.05) is 13.2 Å². The number of carbonyl (C=O) groups excluding carboxylic acids is 2. The molecule has 1 aliphatic rings. The molecule has 8 nitrogen and oxygen atoms in total. The maximum absolute atomic E-state index is 11.4. The summed E-state index contributed by atoms with van der Waals surface area (Å²) in [7, 11) is 0. The number of ether oxygens (including phenoxy) is 4. The first-order chi connectivity index (χ1) is 12.2. The molecule has 5 unspecified atom stereocenters. The van der Waals surface area contributed by atoms with E-state index in [1.165, 1.54) is 13.8 Å². The second-order valence-corrected chi connectivity index (χ2v) is 6.71. The Morgan fingerprint density at radius 3 is 2.27 bits per heavy atom. The molecular formula is C18H30O8. The van der Waals surface area contributed by atoms with Gasteiger partial charge in [0.25, 0.3) is 0 Å². The van der Waals surface area contributed by atoms with Gasteiger partial charge in [-0.25, -0.2) is 0 Å². The minimum atomic E-state index is -0.797. The van der Waals surface area contributed by atoms with Crippen molar-refractivity contribution in [2.45, 2.75) is 71.9 Å². The van der Waals surface area contributed by atoms with E-state index in [-0.39, 0.29) is 24.9 Å². The lowest BCUT2D eigenvalue weighted by Crippen LogP contribution is -2.53. The van der Waals surface area contributed by atoms with Gasteiger partial charge in [-0.1, -0.05) is 20.3 Å². The van der Waals surface area contributed by atoms with Gasteiger partial charge < -0.3 is 24.1 Å². The standard InChI is InChI=1S/C18H30O8/c1-11-12(2)18(23-9-7-5-6-8-16(21)22)26-15(10-24-13(3)19)17(11)25-14(4)20/h11-12,15,17-18H,5-10H2,1-4H3,(H,21,22). The topological polar surface area (TPSA) is 108 Å². The number of esters is 2. The minimum Gasteiger partial charge on any atom is -0.481 e. The minimum absolute atomic E-state index is 0.0111. The number of rotatable bonds is 10. The van der Waals surface area contributed by atoms with Crippen LogP contribution in [0.2, 0.25) is 0 Å². The fourth-order valence-corrected chi connectivity index (χ4v) is 2.91.